The Morgan fingerprint density at radius 1 is 1.39 bits per heavy atom. The molecule has 0 bridgehead atoms. The predicted octanol–water partition coefficient (Wildman–Crippen LogP) is 3.71. The monoisotopic (exact) mass is 338 g/mol. The van der Waals surface area contributed by atoms with Gasteiger partial charge < -0.3 is 10.1 Å². The fourth-order valence-corrected chi connectivity index (χ4v) is 2.10. The number of ether oxygens (including phenoxy) is 1. The van der Waals surface area contributed by atoms with Gasteiger partial charge in [-0.05, 0) is 31.2 Å². The summed E-state index contributed by atoms with van der Waals surface area (Å²) < 4.78 is 18.1. The molecule has 2 aromatic rings. The van der Waals surface area contributed by atoms with Crippen molar-refractivity contribution in [2.24, 2.45) is 0 Å². The zero-order valence-corrected chi connectivity index (χ0v) is 12.8. The standard InChI is InChI=1S/C15H12ClFN2O4/c1-9-12(3-2-4-13(9)19(21)22)18-15(20)8-23-14-6-5-10(17)7-11(14)16/h2-7H,8H2,1H3,(H,18,20). The second-order valence-electron chi connectivity index (χ2n) is 4.62. The van der Waals surface area contributed by atoms with Crippen LogP contribution in [0.5, 0.6) is 5.75 Å². The predicted molar refractivity (Wildman–Crippen MR) is 83.4 cm³/mol. The summed E-state index contributed by atoms with van der Waals surface area (Å²) in [7, 11) is 0. The lowest BCUT2D eigenvalue weighted by molar-refractivity contribution is -0.385. The molecule has 6 nitrogen and oxygen atoms in total. The van der Waals surface area contributed by atoms with E-state index in [9.17, 15) is 19.3 Å². The van der Waals surface area contributed by atoms with Crippen LogP contribution in [0, 0.1) is 22.9 Å². The molecular formula is C15H12ClFN2O4. The first-order valence-electron chi connectivity index (χ1n) is 6.50. The molecule has 120 valence electrons. The number of nitro groups is 1. The van der Waals surface area contributed by atoms with Gasteiger partial charge in [-0.3, -0.25) is 14.9 Å². The van der Waals surface area contributed by atoms with Crippen molar-refractivity contribution in [1.82, 2.24) is 0 Å². The molecule has 0 radical (unpaired) electrons. The van der Waals surface area contributed by atoms with Crippen LogP contribution in [-0.2, 0) is 4.79 Å². The number of benzene rings is 2. The Balaban J connectivity index is 2.03. The van der Waals surface area contributed by atoms with Crippen molar-refractivity contribution in [2.75, 3.05) is 11.9 Å². The largest absolute Gasteiger partial charge is 0.482 e. The van der Waals surface area contributed by atoms with E-state index in [1.54, 1.807) is 6.07 Å². The number of carbonyl (C=O) groups excluding carboxylic acids is 1. The van der Waals surface area contributed by atoms with Crippen LogP contribution >= 0.6 is 11.6 Å². The van der Waals surface area contributed by atoms with Gasteiger partial charge in [-0.2, -0.15) is 0 Å². The fraction of sp³-hybridized carbons (Fsp3) is 0.133. The Morgan fingerprint density at radius 2 is 2.13 bits per heavy atom. The molecule has 1 N–H and O–H groups in total. The van der Waals surface area contributed by atoms with Crippen molar-refractivity contribution in [3.05, 3.63) is 62.9 Å². The van der Waals surface area contributed by atoms with E-state index in [2.05, 4.69) is 5.32 Å². The lowest BCUT2D eigenvalue weighted by atomic mass is 10.1. The van der Waals surface area contributed by atoms with Crippen LogP contribution in [0.1, 0.15) is 5.56 Å². The molecule has 0 saturated heterocycles. The second-order valence-corrected chi connectivity index (χ2v) is 5.03. The van der Waals surface area contributed by atoms with Gasteiger partial charge in [-0.1, -0.05) is 17.7 Å². The molecule has 2 aromatic carbocycles. The van der Waals surface area contributed by atoms with Gasteiger partial charge in [0.2, 0.25) is 0 Å². The molecule has 0 aliphatic heterocycles. The molecule has 0 aliphatic rings. The van der Waals surface area contributed by atoms with E-state index in [0.29, 0.717) is 11.3 Å². The molecule has 2 rings (SSSR count). The first kappa shape index (κ1) is 16.7. The molecule has 0 unspecified atom stereocenters. The fourth-order valence-electron chi connectivity index (χ4n) is 1.88. The van der Waals surface area contributed by atoms with Crippen LogP contribution in [0.25, 0.3) is 0 Å². The lowest BCUT2D eigenvalue weighted by Crippen LogP contribution is -2.21. The Bertz CT molecular complexity index is 767. The maximum Gasteiger partial charge on any atom is 0.274 e. The number of rotatable bonds is 5. The van der Waals surface area contributed by atoms with Crippen molar-refractivity contribution in [3.8, 4) is 5.75 Å². The van der Waals surface area contributed by atoms with Gasteiger partial charge in [0.1, 0.15) is 11.6 Å². The summed E-state index contributed by atoms with van der Waals surface area (Å²) in [5.74, 6) is -0.869. The first-order chi connectivity index (χ1) is 10.9. The highest BCUT2D eigenvalue weighted by atomic mass is 35.5. The molecule has 0 heterocycles. The zero-order chi connectivity index (χ0) is 17.0. The summed E-state index contributed by atoms with van der Waals surface area (Å²) in [5, 5.41) is 13.4. The molecule has 8 heteroatoms. The van der Waals surface area contributed by atoms with Crippen LogP contribution in [0.3, 0.4) is 0 Å². The number of nitro benzene ring substituents is 1. The van der Waals surface area contributed by atoms with Crippen LogP contribution in [0.15, 0.2) is 36.4 Å². The highest BCUT2D eigenvalue weighted by molar-refractivity contribution is 6.32. The molecule has 1 amide bonds. The zero-order valence-electron chi connectivity index (χ0n) is 12.0. The minimum absolute atomic E-state index is 0.0457. The molecule has 0 aliphatic carbocycles. The molecule has 23 heavy (non-hydrogen) atoms. The Hall–Kier alpha value is -2.67. The summed E-state index contributed by atoms with van der Waals surface area (Å²) >= 11 is 5.78. The number of nitrogens with one attached hydrogen (secondary N) is 1. The third-order valence-electron chi connectivity index (χ3n) is 3.03. The van der Waals surface area contributed by atoms with Gasteiger partial charge in [-0.15, -0.1) is 0 Å². The molecule has 0 atom stereocenters. The van der Waals surface area contributed by atoms with Crippen molar-refractivity contribution in [2.45, 2.75) is 6.92 Å². The third-order valence-corrected chi connectivity index (χ3v) is 3.32. The lowest BCUT2D eigenvalue weighted by Gasteiger charge is -2.10. The van der Waals surface area contributed by atoms with Crippen LogP contribution in [0.2, 0.25) is 5.02 Å². The topological polar surface area (TPSA) is 81.5 Å². The molecular weight excluding hydrogens is 327 g/mol. The van der Waals surface area contributed by atoms with Crippen LogP contribution in [0.4, 0.5) is 15.8 Å². The second kappa shape index (κ2) is 7.06. The van der Waals surface area contributed by atoms with E-state index in [-0.39, 0.29) is 23.1 Å². The van der Waals surface area contributed by atoms with Gasteiger partial charge in [0.05, 0.1) is 21.2 Å². The molecule has 0 spiro atoms. The van der Waals surface area contributed by atoms with E-state index < -0.39 is 16.6 Å². The Morgan fingerprint density at radius 3 is 2.78 bits per heavy atom. The average molecular weight is 339 g/mol. The minimum atomic E-state index is -0.528. The van der Waals surface area contributed by atoms with Gasteiger partial charge >= 0.3 is 0 Å². The van der Waals surface area contributed by atoms with E-state index >= 15 is 0 Å². The SMILES string of the molecule is Cc1c(NC(=O)COc2ccc(F)cc2Cl)cccc1[N+](=O)[O-]. The van der Waals surface area contributed by atoms with Gasteiger partial charge in [0, 0.05) is 6.07 Å². The van der Waals surface area contributed by atoms with E-state index in [1.807, 2.05) is 0 Å². The van der Waals surface area contributed by atoms with Gasteiger partial charge in [0.25, 0.3) is 11.6 Å². The molecule has 0 saturated carbocycles. The Labute approximate surface area is 136 Å². The average Bonchev–Trinajstić information content (AvgIpc) is 2.48. The van der Waals surface area contributed by atoms with E-state index in [0.717, 1.165) is 12.1 Å². The van der Waals surface area contributed by atoms with Crippen LogP contribution < -0.4 is 10.1 Å². The van der Waals surface area contributed by atoms with Gasteiger partial charge in [0.15, 0.2) is 6.61 Å². The Kier molecular flexibility index (Phi) is 5.13. The normalized spacial score (nSPS) is 10.2. The number of anilines is 1. The highest BCUT2D eigenvalue weighted by Crippen LogP contribution is 2.26. The van der Waals surface area contributed by atoms with Crippen molar-refractivity contribution < 1.29 is 18.8 Å². The maximum atomic E-state index is 12.9. The van der Waals surface area contributed by atoms with Crippen molar-refractivity contribution in [3.63, 3.8) is 0 Å². The van der Waals surface area contributed by atoms with E-state index in [1.165, 1.54) is 25.1 Å². The molecule has 0 fully saturated rings. The summed E-state index contributed by atoms with van der Waals surface area (Å²) in [6, 6.07) is 7.90. The number of hydrogen-bond donors (Lipinski definition) is 1. The highest BCUT2D eigenvalue weighted by Gasteiger charge is 2.15. The van der Waals surface area contributed by atoms with E-state index in [4.69, 9.17) is 16.3 Å². The minimum Gasteiger partial charge on any atom is -0.482 e. The number of halogens is 2. The van der Waals surface area contributed by atoms with Gasteiger partial charge in [-0.25, -0.2) is 4.39 Å². The first-order valence-corrected chi connectivity index (χ1v) is 6.88. The summed E-state index contributed by atoms with van der Waals surface area (Å²) in [4.78, 5) is 22.2. The number of amides is 1. The summed E-state index contributed by atoms with van der Waals surface area (Å²) in [5.41, 5.74) is 0.564. The van der Waals surface area contributed by atoms with Crippen molar-refractivity contribution >= 4 is 28.9 Å². The van der Waals surface area contributed by atoms with Crippen LogP contribution in [-0.4, -0.2) is 17.4 Å². The number of hydrogen-bond acceptors (Lipinski definition) is 4. The summed E-state index contributed by atoms with van der Waals surface area (Å²) in [6.45, 7) is 1.17. The quantitative estimate of drug-likeness (QED) is 0.665. The summed E-state index contributed by atoms with van der Waals surface area (Å²) in [6.07, 6.45) is 0. The maximum absolute atomic E-state index is 12.9. The number of carbonyl (C=O) groups is 1. The third kappa shape index (κ3) is 4.17. The smallest absolute Gasteiger partial charge is 0.274 e. The number of nitrogens with zero attached hydrogens (tertiary/aromatic N) is 1. The van der Waals surface area contributed by atoms with Crippen molar-refractivity contribution in [1.29, 1.82) is 0 Å². The molecule has 0 aromatic heterocycles.